The Labute approximate surface area is 254 Å². The molecule has 4 rings (SSSR count). The highest BCUT2D eigenvalue weighted by molar-refractivity contribution is 6.04. The highest BCUT2D eigenvalue weighted by Gasteiger charge is 2.26. The molecule has 0 aliphatic heterocycles. The number of ether oxygens (including phenoxy) is 2. The molecule has 3 heterocycles. The zero-order chi connectivity index (χ0) is 32.6. The van der Waals surface area contributed by atoms with Crippen LogP contribution in [0.4, 0.5) is 25.5 Å². The van der Waals surface area contributed by atoms with Crippen LogP contribution in [0.3, 0.4) is 0 Å². The smallest absolute Gasteiger partial charge is 0.420 e. The molecule has 0 fully saturated rings. The van der Waals surface area contributed by atoms with Crippen LogP contribution >= 0.6 is 0 Å². The Bertz CT molecular complexity index is 1800. The molecule has 12 heteroatoms. The van der Waals surface area contributed by atoms with Gasteiger partial charge >= 0.3 is 12.2 Å². The van der Waals surface area contributed by atoms with E-state index in [9.17, 15) is 23.6 Å². The van der Waals surface area contributed by atoms with Gasteiger partial charge in [-0.15, -0.1) is 0 Å². The van der Waals surface area contributed by atoms with Gasteiger partial charge in [-0.3, -0.25) is 19.5 Å². The maximum absolute atomic E-state index is 13.6. The molecule has 0 unspecified atom stereocenters. The summed E-state index contributed by atoms with van der Waals surface area (Å²) in [5.74, 6) is -0.795. The third-order valence-electron chi connectivity index (χ3n) is 6.35. The number of nitrogens with zero attached hydrogens (tertiary/aromatic N) is 4. The van der Waals surface area contributed by atoms with E-state index in [4.69, 9.17) is 9.47 Å². The third kappa shape index (κ3) is 7.31. The minimum Gasteiger partial charge on any atom is -0.444 e. The van der Waals surface area contributed by atoms with Crippen molar-refractivity contribution in [3.63, 3.8) is 0 Å². The van der Waals surface area contributed by atoms with Gasteiger partial charge in [0, 0.05) is 24.2 Å². The van der Waals surface area contributed by atoms with Gasteiger partial charge in [0.25, 0.3) is 11.5 Å². The number of carbonyl (C=O) groups is 3. The zero-order valence-corrected chi connectivity index (χ0v) is 26.0. The number of halogens is 1. The molecule has 0 aliphatic carbocycles. The third-order valence-corrected chi connectivity index (χ3v) is 6.35. The first-order valence-corrected chi connectivity index (χ1v) is 13.9. The van der Waals surface area contributed by atoms with Gasteiger partial charge in [-0.1, -0.05) is 6.07 Å². The number of pyridine rings is 2. The van der Waals surface area contributed by atoms with Crippen molar-refractivity contribution in [3.8, 4) is 0 Å². The number of anilines is 2. The normalized spacial score (nSPS) is 11.8. The summed E-state index contributed by atoms with van der Waals surface area (Å²) in [4.78, 5) is 58.7. The maximum Gasteiger partial charge on any atom is 0.420 e. The van der Waals surface area contributed by atoms with Crippen LogP contribution in [-0.4, -0.2) is 50.5 Å². The van der Waals surface area contributed by atoms with Crippen LogP contribution in [-0.2, 0) is 16.0 Å². The predicted molar refractivity (Wildman–Crippen MR) is 165 cm³/mol. The molecule has 0 bridgehead atoms. The number of carbonyl (C=O) groups excluding carboxylic acids is 3. The average Bonchev–Trinajstić information content (AvgIpc) is 3.24. The van der Waals surface area contributed by atoms with Gasteiger partial charge in [0.05, 0.1) is 12.2 Å². The van der Waals surface area contributed by atoms with Crippen LogP contribution < -0.4 is 15.8 Å². The molecule has 0 spiro atoms. The number of hydrogen-bond acceptors (Lipinski definition) is 7. The Morgan fingerprint density at radius 3 is 2.20 bits per heavy atom. The highest BCUT2D eigenvalue weighted by Crippen LogP contribution is 2.26. The molecule has 0 saturated carbocycles. The van der Waals surface area contributed by atoms with Crippen LogP contribution in [0.1, 0.15) is 63.3 Å². The molecule has 4 aromatic rings. The Morgan fingerprint density at radius 2 is 1.59 bits per heavy atom. The van der Waals surface area contributed by atoms with Crippen LogP contribution in [0.2, 0.25) is 0 Å². The number of aromatic nitrogens is 3. The summed E-state index contributed by atoms with van der Waals surface area (Å²) in [5, 5.41) is 3.17. The second-order valence-corrected chi connectivity index (χ2v) is 12.3. The molecule has 11 nitrogen and oxygen atoms in total. The SMILES string of the molecule is Cc1cc2cc(Cn3c(C(=O)N(C)c4ccc(F)cc4)cccc3=O)n(C(=O)OC(C)(C)C)c2nc1NC(=O)OC(C)(C)C. The molecule has 1 N–H and O–H groups in total. The first-order valence-electron chi connectivity index (χ1n) is 13.9. The summed E-state index contributed by atoms with van der Waals surface area (Å²) in [6.45, 7) is 11.9. The van der Waals surface area contributed by atoms with E-state index in [1.54, 1.807) is 60.6 Å². The van der Waals surface area contributed by atoms with Gasteiger partial charge in [-0.05, 0) is 96.5 Å². The van der Waals surface area contributed by atoms with Crippen LogP contribution in [0.5, 0.6) is 0 Å². The summed E-state index contributed by atoms with van der Waals surface area (Å²) in [6.07, 6.45) is -1.48. The van der Waals surface area contributed by atoms with Crippen molar-refractivity contribution >= 4 is 40.6 Å². The van der Waals surface area contributed by atoms with Gasteiger partial charge in [-0.25, -0.2) is 23.5 Å². The van der Waals surface area contributed by atoms with E-state index >= 15 is 0 Å². The largest absolute Gasteiger partial charge is 0.444 e. The Morgan fingerprint density at radius 1 is 0.955 bits per heavy atom. The highest BCUT2D eigenvalue weighted by atomic mass is 19.1. The van der Waals surface area contributed by atoms with Crippen LogP contribution in [0.25, 0.3) is 11.0 Å². The van der Waals surface area contributed by atoms with Crippen LogP contribution in [0, 0.1) is 12.7 Å². The summed E-state index contributed by atoms with van der Waals surface area (Å²) < 4.78 is 27.0. The molecule has 0 saturated heterocycles. The zero-order valence-electron chi connectivity index (χ0n) is 26.0. The predicted octanol–water partition coefficient (Wildman–Crippen LogP) is 6.10. The van der Waals surface area contributed by atoms with Gasteiger partial charge in [0.15, 0.2) is 5.65 Å². The molecule has 0 aliphatic rings. The minimum atomic E-state index is -0.865. The number of amides is 2. The molecule has 1 aromatic carbocycles. The molecular weight excluding hydrogens is 569 g/mol. The lowest BCUT2D eigenvalue weighted by atomic mass is 10.2. The number of rotatable bonds is 5. The van der Waals surface area contributed by atoms with Gasteiger partial charge in [0.2, 0.25) is 0 Å². The Hall–Kier alpha value is -5.00. The summed E-state index contributed by atoms with van der Waals surface area (Å²) in [7, 11) is 1.51. The van der Waals surface area contributed by atoms with Crippen molar-refractivity contribution in [2.24, 2.45) is 0 Å². The summed E-state index contributed by atoms with van der Waals surface area (Å²) >= 11 is 0. The molecule has 0 radical (unpaired) electrons. The van der Waals surface area contributed by atoms with E-state index in [1.807, 2.05) is 0 Å². The second kappa shape index (κ2) is 11.9. The van der Waals surface area contributed by atoms with Crippen molar-refractivity contribution < 1.29 is 28.2 Å². The van der Waals surface area contributed by atoms with E-state index < -0.39 is 40.7 Å². The molecular formula is C32H36FN5O6. The fourth-order valence-electron chi connectivity index (χ4n) is 4.43. The first kappa shape index (κ1) is 31.9. The quantitative estimate of drug-likeness (QED) is 0.291. The Balaban J connectivity index is 1.82. The van der Waals surface area contributed by atoms with Gasteiger partial charge in [-0.2, -0.15) is 0 Å². The first-order chi connectivity index (χ1) is 20.4. The van der Waals surface area contributed by atoms with Crippen molar-refractivity contribution in [1.29, 1.82) is 0 Å². The fourth-order valence-corrected chi connectivity index (χ4v) is 4.43. The Kier molecular flexibility index (Phi) is 8.67. The number of benzene rings is 1. The summed E-state index contributed by atoms with van der Waals surface area (Å²) in [5.41, 5.74) is -0.544. The van der Waals surface area contributed by atoms with Gasteiger partial charge in [0.1, 0.15) is 28.5 Å². The van der Waals surface area contributed by atoms with Gasteiger partial charge < -0.3 is 14.4 Å². The molecule has 3 aromatic heterocycles. The van der Waals surface area contributed by atoms with Crippen molar-refractivity contribution in [1.82, 2.24) is 14.1 Å². The van der Waals surface area contributed by atoms with E-state index in [0.29, 0.717) is 22.3 Å². The van der Waals surface area contributed by atoms with E-state index in [1.165, 1.54) is 63.5 Å². The summed E-state index contributed by atoms with van der Waals surface area (Å²) in [6, 6.07) is 13.1. The average molecular weight is 606 g/mol. The lowest BCUT2D eigenvalue weighted by Crippen LogP contribution is -2.34. The lowest BCUT2D eigenvalue weighted by molar-refractivity contribution is 0.0538. The van der Waals surface area contributed by atoms with E-state index in [2.05, 4.69) is 10.3 Å². The number of fused-ring (bicyclic) bond motifs is 1. The van der Waals surface area contributed by atoms with Crippen molar-refractivity contribution in [3.05, 3.63) is 87.7 Å². The molecule has 232 valence electrons. The van der Waals surface area contributed by atoms with Crippen molar-refractivity contribution in [2.45, 2.75) is 66.2 Å². The van der Waals surface area contributed by atoms with E-state index in [0.717, 1.165) is 0 Å². The number of hydrogen-bond donors (Lipinski definition) is 1. The monoisotopic (exact) mass is 605 g/mol. The maximum atomic E-state index is 13.6. The number of aryl methyl sites for hydroxylation is 1. The van der Waals surface area contributed by atoms with Crippen molar-refractivity contribution in [2.75, 3.05) is 17.3 Å². The topological polar surface area (TPSA) is 125 Å². The number of nitrogens with one attached hydrogen (secondary N) is 1. The fraction of sp³-hybridized carbons (Fsp3) is 0.344. The van der Waals surface area contributed by atoms with E-state index in [-0.39, 0.29) is 23.7 Å². The molecule has 2 amide bonds. The van der Waals surface area contributed by atoms with Crippen LogP contribution in [0.15, 0.2) is 59.4 Å². The standard InChI is InChI=1S/C32H36FN5O6/c1-19-16-20-17-23(18-37-24(10-9-11-25(37)39)28(40)36(8)22-14-12-21(33)13-15-22)38(30(42)44-32(5,6)7)27(20)34-26(19)35-29(41)43-31(2,3)4/h9-17H,18H2,1-8H3,(H,34,35,41). The minimum absolute atomic E-state index is 0.0433. The lowest BCUT2D eigenvalue weighted by Gasteiger charge is -2.22. The molecule has 0 atom stereocenters. The molecule has 44 heavy (non-hydrogen) atoms. The second-order valence-electron chi connectivity index (χ2n) is 12.3.